The molecular weight excluding hydrogens is 492 g/mol. The lowest BCUT2D eigenvalue weighted by molar-refractivity contribution is -0.0175. The van der Waals surface area contributed by atoms with E-state index in [1.54, 1.807) is 4.90 Å². The van der Waals surface area contributed by atoms with Gasteiger partial charge in [-0.15, -0.1) is 10.2 Å². The second kappa shape index (κ2) is 9.25. The van der Waals surface area contributed by atoms with Gasteiger partial charge < -0.3 is 20.2 Å². The van der Waals surface area contributed by atoms with Gasteiger partial charge in [-0.05, 0) is 25.0 Å². The Bertz CT molecular complexity index is 1390. The van der Waals surface area contributed by atoms with Crippen molar-refractivity contribution in [2.45, 2.75) is 44.7 Å². The SMILES string of the molecule is CCC(c1nnc(-c2cn3c(c(O)c2=O)C(=O)N(CC)C2(CCOCC2)N3)s1)c1ccc(F)cc1F. The highest BCUT2D eigenvalue weighted by Crippen LogP contribution is 2.37. The third kappa shape index (κ3) is 3.84. The second-order valence-corrected chi connectivity index (χ2v) is 9.83. The topological polar surface area (TPSA) is 110 Å². The molecule has 2 N–H and O–H groups in total. The quantitative estimate of drug-likeness (QED) is 0.534. The molecule has 5 rings (SSSR count). The minimum absolute atomic E-state index is 0.0573. The molecule has 0 saturated carbocycles. The first kappa shape index (κ1) is 24.3. The van der Waals surface area contributed by atoms with Crippen LogP contribution in [-0.4, -0.2) is 56.2 Å². The van der Waals surface area contributed by atoms with E-state index in [0.717, 1.165) is 17.4 Å². The Hall–Kier alpha value is -3.38. The number of pyridine rings is 1. The fourth-order valence-corrected chi connectivity index (χ4v) is 6.04. The monoisotopic (exact) mass is 517 g/mol. The second-order valence-electron chi connectivity index (χ2n) is 8.82. The predicted molar refractivity (Wildman–Crippen MR) is 129 cm³/mol. The maximum Gasteiger partial charge on any atom is 0.278 e. The van der Waals surface area contributed by atoms with Crippen LogP contribution in [0.25, 0.3) is 10.6 Å². The van der Waals surface area contributed by atoms with E-state index in [0.29, 0.717) is 44.0 Å². The van der Waals surface area contributed by atoms with Gasteiger partial charge in [-0.3, -0.25) is 14.3 Å². The number of amides is 1. The van der Waals surface area contributed by atoms with Crippen molar-refractivity contribution in [1.29, 1.82) is 0 Å². The molecule has 1 spiro atoms. The molecule has 9 nitrogen and oxygen atoms in total. The van der Waals surface area contributed by atoms with Crippen LogP contribution in [0.3, 0.4) is 0 Å². The highest BCUT2D eigenvalue weighted by Gasteiger charge is 2.46. The Balaban J connectivity index is 1.57. The van der Waals surface area contributed by atoms with Gasteiger partial charge in [-0.1, -0.05) is 24.3 Å². The number of fused-ring (bicyclic) bond motifs is 1. The third-order valence-corrected chi connectivity index (χ3v) is 7.90. The smallest absolute Gasteiger partial charge is 0.278 e. The summed E-state index contributed by atoms with van der Waals surface area (Å²) < 4.78 is 34.7. The molecule has 12 heteroatoms. The van der Waals surface area contributed by atoms with Crippen molar-refractivity contribution in [2.75, 3.05) is 25.2 Å². The van der Waals surface area contributed by atoms with Gasteiger partial charge in [0.2, 0.25) is 5.43 Å². The van der Waals surface area contributed by atoms with Crippen LogP contribution in [0.5, 0.6) is 5.75 Å². The van der Waals surface area contributed by atoms with Crippen molar-refractivity contribution in [3.8, 4) is 16.3 Å². The Morgan fingerprint density at radius 2 is 1.97 bits per heavy atom. The van der Waals surface area contributed by atoms with Gasteiger partial charge in [0.25, 0.3) is 5.91 Å². The van der Waals surface area contributed by atoms with E-state index in [1.807, 2.05) is 13.8 Å². The predicted octanol–water partition coefficient (Wildman–Crippen LogP) is 3.42. The molecule has 1 aromatic carbocycles. The van der Waals surface area contributed by atoms with Gasteiger partial charge in [0, 0.05) is 37.6 Å². The summed E-state index contributed by atoms with van der Waals surface area (Å²) in [7, 11) is 0. The van der Waals surface area contributed by atoms with Gasteiger partial charge in [0.05, 0.1) is 18.8 Å². The molecule has 4 heterocycles. The van der Waals surface area contributed by atoms with E-state index in [4.69, 9.17) is 4.74 Å². The molecule has 2 aliphatic heterocycles. The van der Waals surface area contributed by atoms with Crippen molar-refractivity contribution in [3.63, 3.8) is 0 Å². The average Bonchev–Trinajstić information content (AvgIpc) is 3.33. The summed E-state index contributed by atoms with van der Waals surface area (Å²) in [4.78, 5) is 28.1. The number of aromatic hydroxyl groups is 1. The van der Waals surface area contributed by atoms with E-state index in [1.165, 1.54) is 23.0 Å². The largest absolute Gasteiger partial charge is 0.502 e. The molecule has 3 aromatic rings. The summed E-state index contributed by atoms with van der Waals surface area (Å²) in [6.45, 7) is 5.00. The van der Waals surface area contributed by atoms with Crippen molar-refractivity contribution < 1.29 is 23.4 Å². The molecule has 1 saturated heterocycles. The van der Waals surface area contributed by atoms with E-state index in [-0.39, 0.29) is 21.8 Å². The number of nitrogens with one attached hydrogen (secondary N) is 1. The molecule has 2 aliphatic rings. The molecule has 1 atom stereocenters. The third-order valence-electron chi connectivity index (χ3n) is 6.83. The number of benzene rings is 1. The van der Waals surface area contributed by atoms with Crippen molar-refractivity contribution >= 4 is 17.2 Å². The van der Waals surface area contributed by atoms with Crippen LogP contribution in [0.2, 0.25) is 0 Å². The van der Waals surface area contributed by atoms with Crippen LogP contribution in [0.4, 0.5) is 8.78 Å². The molecule has 0 bridgehead atoms. The number of nitrogens with zero attached hydrogens (tertiary/aromatic N) is 4. The van der Waals surface area contributed by atoms with Crippen LogP contribution in [0.15, 0.2) is 29.2 Å². The summed E-state index contributed by atoms with van der Waals surface area (Å²) in [5, 5.41) is 19.8. The summed E-state index contributed by atoms with van der Waals surface area (Å²) in [5.74, 6) is -2.98. The fourth-order valence-electron chi connectivity index (χ4n) is 4.99. The number of hydrogen-bond donors (Lipinski definition) is 2. The minimum atomic E-state index is -0.751. The first-order chi connectivity index (χ1) is 17.3. The van der Waals surface area contributed by atoms with Crippen LogP contribution in [0.1, 0.15) is 60.1 Å². The van der Waals surface area contributed by atoms with Crippen molar-refractivity contribution in [3.05, 3.63) is 62.5 Å². The van der Waals surface area contributed by atoms with E-state index >= 15 is 0 Å². The van der Waals surface area contributed by atoms with Crippen molar-refractivity contribution in [2.24, 2.45) is 0 Å². The van der Waals surface area contributed by atoms with Crippen LogP contribution >= 0.6 is 11.3 Å². The maximum absolute atomic E-state index is 14.5. The summed E-state index contributed by atoms with van der Waals surface area (Å²) in [5.41, 5.74) is 2.04. The molecule has 190 valence electrons. The maximum atomic E-state index is 14.5. The van der Waals surface area contributed by atoms with Crippen LogP contribution in [0, 0.1) is 11.6 Å². The van der Waals surface area contributed by atoms with Gasteiger partial charge in [-0.2, -0.15) is 0 Å². The molecule has 0 aliphatic carbocycles. The van der Waals surface area contributed by atoms with E-state index in [9.17, 15) is 23.5 Å². The summed E-state index contributed by atoms with van der Waals surface area (Å²) >= 11 is 1.08. The lowest BCUT2D eigenvalue weighted by atomic mass is 9.96. The number of halogens is 2. The van der Waals surface area contributed by atoms with Crippen molar-refractivity contribution in [1.82, 2.24) is 19.8 Å². The van der Waals surface area contributed by atoms with Gasteiger partial charge in [-0.25, -0.2) is 8.78 Å². The number of rotatable bonds is 5. The van der Waals surface area contributed by atoms with E-state index < -0.39 is 40.3 Å². The normalized spacial score (nSPS) is 17.7. The molecule has 1 unspecified atom stereocenters. The number of ether oxygens (including phenoxy) is 1. The summed E-state index contributed by atoms with van der Waals surface area (Å²) in [6.07, 6.45) is 3.00. The molecule has 36 heavy (non-hydrogen) atoms. The van der Waals surface area contributed by atoms with Gasteiger partial charge >= 0.3 is 0 Å². The van der Waals surface area contributed by atoms with Gasteiger partial charge in [0.15, 0.2) is 16.5 Å². The number of carbonyl (C=O) groups is 1. The zero-order valence-corrected chi connectivity index (χ0v) is 20.6. The number of aromatic nitrogens is 3. The molecule has 1 fully saturated rings. The Labute approximate surface area is 209 Å². The lowest BCUT2D eigenvalue weighted by Gasteiger charge is -2.50. The van der Waals surface area contributed by atoms with Crippen LogP contribution < -0.4 is 10.9 Å². The number of carbonyl (C=O) groups excluding carboxylic acids is 1. The first-order valence-corrected chi connectivity index (χ1v) is 12.6. The van der Waals surface area contributed by atoms with Crippen LogP contribution in [-0.2, 0) is 4.74 Å². The highest BCUT2D eigenvalue weighted by molar-refractivity contribution is 7.14. The zero-order valence-electron chi connectivity index (χ0n) is 19.8. The molecule has 2 aromatic heterocycles. The highest BCUT2D eigenvalue weighted by atomic mass is 32.1. The van der Waals surface area contributed by atoms with E-state index in [2.05, 4.69) is 15.6 Å². The zero-order chi connectivity index (χ0) is 25.6. The Kier molecular flexibility index (Phi) is 6.25. The summed E-state index contributed by atoms with van der Waals surface area (Å²) in [6, 6.07) is 3.38. The minimum Gasteiger partial charge on any atom is -0.502 e. The molecular formula is C24H25F2N5O4S. The first-order valence-electron chi connectivity index (χ1n) is 11.7. The van der Waals surface area contributed by atoms with Gasteiger partial charge in [0.1, 0.15) is 22.3 Å². The fraction of sp³-hybridized carbons (Fsp3) is 0.417. The Morgan fingerprint density at radius 1 is 1.22 bits per heavy atom. The Morgan fingerprint density at radius 3 is 2.64 bits per heavy atom. The molecule has 1 amide bonds. The molecule has 0 radical (unpaired) electrons. The average molecular weight is 518 g/mol. The lowest BCUT2D eigenvalue weighted by Crippen LogP contribution is -2.65. The number of hydrogen-bond acceptors (Lipinski definition) is 8. The standard InChI is InChI=1S/C24H25F2N5O4S/c1-3-14(15-6-5-13(25)11-17(15)26)21-27-28-22(36-21)16-12-31-18(20(33)19(16)32)23(34)30(4-2)24(29-31)7-9-35-10-8-24/h5-6,11-12,14,29,33H,3-4,7-10H2,1-2H3.